The van der Waals surface area contributed by atoms with Crippen LogP contribution in [0.5, 0.6) is 17.2 Å². The van der Waals surface area contributed by atoms with Gasteiger partial charge in [0.15, 0.2) is 18.3 Å². The van der Waals surface area contributed by atoms with E-state index in [9.17, 15) is 15.4 Å². The number of nitrogens with zero attached hydrogens (tertiary/aromatic N) is 3. The lowest BCUT2D eigenvalue weighted by Crippen LogP contribution is -2.14. The third-order valence-electron chi connectivity index (χ3n) is 5.71. The number of allylic oxidation sites excluding steroid dienone is 1. The van der Waals surface area contributed by atoms with Gasteiger partial charge in [0, 0.05) is 23.3 Å². The van der Waals surface area contributed by atoms with E-state index in [1.165, 1.54) is 12.1 Å². The van der Waals surface area contributed by atoms with Gasteiger partial charge in [-0.1, -0.05) is 18.2 Å². The second kappa shape index (κ2) is 10.4. The first kappa shape index (κ1) is 23.8. The van der Waals surface area contributed by atoms with Crippen molar-refractivity contribution in [2.24, 2.45) is 0 Å². The second-order valence-electron chi connectivity index (χ2n) is 8.16. The number of H-pyrrole nitrogens is 1. The Balaban J connectivity index is 1.42. The molecule has 0 amide bonds. The van der Waals surface area contributed by atoms with Gasteiger partial charge in [-0.05, 0) is 42.8 Å². The lowest BCUT2D eigenvalue weighted by molar-refractivity contribution is -0.385. The van der Waals surface area contributed by atoms with Gasteiger partial charge >= 0.3 is 0 Å². The minimum atomic E-state index is -0.458. The number of benzene rings is 3. The fourth-order valence-corrected chi connectivity index (χ4v) is 4.05. The summed E-state index contributed by atoms with van der Waals surface area (Å²) in [6.45, 7) is 2.57. The molecule has 186 valence electrons. The molecule has 0 unspecified atom stereocenters. The zero-order valence-electron chi connectivity index (χ0n) is 19.9. The molecule has 0 spiro atoms. The lowest BCUT2D eigenvalue weighted by atomic mass is 10.1. The minimum Gasteiger partial charge on any atom is -0.490 e. The SMILES string of the molecule is CCOc1cc(/C=C(/C#N)c2nc3ccccc3[nH]2)ccc1OCc1cc([N+](=O)[O-])cc2c1OCOC2. The van der Waals surface area contributed by atoms with Crippen LogP contribution in [0.15, 0.2) is 54.6 Å². The third-order valence-corrected chi connectivity index (χ3v) is 5.71. The number of ether oxygens (including phenoxy) is 4. The normalized spacial score (nSPS) is 12.9. The fourth-order valence-electron chi connectivity index (χ4n) is 4.05. The topological polar surface area (TPSA) is 133 Å². The van der Waals surface area contributed by atoms with Gasteiger partial charge in [-0.25, -0.2) is 4.98 Å². The summed E-state index contributed by atoms with van der Waals surface area (Å²) < 4.78 is 22.7. The van der Waals surface area contributed by atoms with E-state index in [1.807, 2.05) is 31.2 Å². The molecule has 1 N–H and O–H groups in total. The number of hydrogen-bond acceptors (Lipinski definition) is 8. The van der Waals surface area contributed by atoms with E-state index >= 15 is 0 Å². The van der Waals surface area contributed by atoms with E-state index in [4.69, 9.17) is 18.9 Å². The number of nitrogens with one attached hydrogen (secondary N) is 1. The molecule has 0 aliphatic carbocycles. The summed E-state index contributed by atoms with van der Waals surface area (Å²) in [6, 6.07) is 17.9. The zero-order valence-corrected chi connectivity index (χ0v) is 19.9. The highest BCUT2D eigenvalue weighted by molar-refractivity contribution is 5.90. The van der Waals surface area contributed by atoms with Crippen LogP contribution in [0.3, 0.4) is 0 Å². The average Bonchev–Trinajstić information content (AvgIpc) is 3.35. The van der Waals surface area contributed by atoms with Gasteiger partial charge in [-0.15, -0.1) is 0 Å². The van der Waals surface area contributed by atoms with Gasteiger partial charge in [0.2, 0.25) is 0 Å². The number of nitriles is 1. The summed E-state index contributed by atoms with van der Waals surface area (Å²) in [4.78, 5) is 18.6. The van der Waals surface area contributed by atoms with E-state index in [2.05, 4.69) is 16.0 Å². The van der Waals surface area contributed by atoms with Crippen molar-refractivity contribution in [1.82, 2.24) is 9.97 Å². The molecule has 1 aromatic heterocycles. The molecule has 10 heteroatoms. The molecule has 4 aromatic rings. The first-order valence-corrected chi connectivity index (χ1v) is 11.5. The van der Waals surface area contributed by atoms with E-state index in [-0.39, 0.29) is 25.7 Å². The van der Waals surface area contributed by atoms with Crippen molar-refractivity contribution in [3.63, 3.8) is 0 Å². The molecule has 0 fully saturated rings. The molecule has 0 saturated heterocycles. The van der Waals surface area contributed by atoms with Crippen molar-refractivity contribution in [3.05, 3.63) is 87.2 Å². The molecule has 2 heterocycles. The molecule has 10 nitrogen and oxygen atoms in total. The molecule has 0 atom stereocenters. The van der Waals surface area contributed by atoms with Crippen molar-refractivity contribution in [2.75, 3.05) is 13.4 Å². The van der Waals surface area contributed by atoms with Crippen LogP contribution >= 0.6 is 0 Å². The Hall–Kier alpha value is -4.88. The Bertz CT molecular complexity index is 1520. The number of aromatic amines is 1. The zero-order chi connectivity index (χ0) is 25.8. The number of aromatic nitrogens is 2. The summed E-state index contributed by atoms with van der Waals surface area (Å²) in [5, 5.41) is 21.1. The number of fused-ring (bicyclic) bond motifs is 2. The minimum absolute atomic E-state index is 0.0295. The fraction of sp³-hybridized carbons (Fsp3) is 0.185. The van der Waals surface area contributed by atoms with Crippen LogP contribution in [0.25, 0.3) is 22.7 Å². The molecule has 1 aliphatic rings. The van der Waals surface area contributed by atoms with Crippen LogP contribution in [0, 0.1) is 21.4 Å². The van der Waals surface area contributed by atoms with Gasteiger partial charge in [0.25, 0.3) is 5.69 Å². The predicted octanol–water partition coefficient (Wildman–Crippen LogP) is 5.38. The van der Waals surface area contributed by atoms with E-state index in [0.717, 1.165) is 16.6 Å². The highest BCUT2D eigenvalue weighted by atomic mass is 16.7. The number of para-hydroxylation sites is 2. The van der Waals surface area contributed by atoms with Gasteiger partial charge in [-0.3, -0.25) is 10.1 Å². The van der Waals surface area contributed by atoms with Crippen LogP contribution in [0.4, 0.5) is 5.69 Å². The summed E-state index contributed by atoms with van der Waals surface area (Å²) in [5.74, 6) is 1.93. The summed E-state index contributed by atoms with van der Waals surface area (Å²) in [6.07, 6.45) is 1.72. The Morgan fingerprint density at radius 1 is 1.22 bits per heavy atom. The Morgan fingerprint density at radius 2 is 2.08 bits per heavy atom. The second-order valence-corrected chi connectivity index (χ2v) is 8.16. The molecule has 0 saturated carbocycles. The number of non-ortho nitro benzene ring substituents is 1. The largest absolute Gasteiger partial charge is 0.490 e. The van der Waals surface area contributed by atoms with Gasteiger partial charge in [0.1, 0.15) is 24.3 Å². The van der Waals surface area contributed by atoms with Gasteiger partial charge in [0.05, 0.1) is 34.7 Å². The van der Waals surface area contributed by atoms with Gasteiger partial charge < -0.3 is 23.9 Å². The van der Waals surface area contributed by atoms with E-state index in [1.54, 1.807) is 24.3 Å². The quantitative estimate of drug-likeness (QED) is 0.194. The molecule has 0 bridgehead atoms. The molecule has 37 heavy (non-hydrogen) atoms. The highest BCUT2D eigenvalue weighted by Gasteiger charge is 2.22. The highest BCUT2D eigenvalue weighted by Crippen LogP contribution is 2.35. The predicted molar refractivity (Wildman–Crippen MR) is 135 cm³/mol. The number of nitro groups is 1. The van der Waals surface area contributed by atoms with Crippen molar-refractivity contribution in [3.8, 4) is 23.3 Å². The molecule has 1 aliphatic heterocycles. The molecular formula is C27H22N4O6. The number of nitro benzene ring substituents is 1. The van der Waals surface area contributed by atoms with Crippen molar-refractivity contribution in [2.45, 2.75) is 20.1 Å². The number of imidazole rings is 1. The number of hydrogen-bond donors (Lipinski definition) is 1. The maximum Gasteiger partial charge on any atom is 0.270 e. The lowest BCUT2D eigenvalue weighted by Gasteiger charge is -2.21. The first-order chi connectivity index (χ1) is 18.1. The van der Waals surface area contributed by atoms with Crippen molar-refractivity contribution < 1.29 is 23.9 Å². The Morgan fingerprint density at radius 3 is 2.86 bits per heavy atom. The molecular weight excluding hydrogens is 476 g/mol. The standard InChI is InChI=1S/C27H22N4O6/c1-2-35-25-10-17(9-18(13-28)27-29-22-5-3-4-6-23(22)30-27)7-8-24(25)36-15-20-12-21(31(32)33)11-19-14-34-16-37-26(19)20/h3-12H,2,14-16H2,1H3,(H,29,30)/b18-9-. The van der Waals surface area contributed by atoms with Crippen LogP contribution in [0.1, 0.15) is 29.4 Å². The van der Waals surface area contributed by atoms with Crippen molar-refractivity contribution in [1.29, 1.82) is 5.26 Å². The molecule has 5 rings (SSSR count). The molecule has 0 radical (unpaired) electrons. The summed E-state index contributed by atoms with van der Waals surface area (Å²) in [5.41, 5.74) is 3.78. The van der Waals surface area contributed by atoms with Gasteiger partial charge in [-0.2, -0.15) is 5.26 Å². The van der Waals surface area contributed by atoms with Crippen LogP contribution in [0.2, 0.25) is 0 Å². The average molecular weight is 498 g/mol. The monoisotopic (exact) mass is 498 g/mol. The van der Waals surface area contributed by atoms with Crippen LogP contribution in [-0.2, 0) is 18.0 Å². The van der Waals surface area contributed by atoms with Crippen LogP contribution in [-0.4, -0.2) is 28.3 Å². The number of rotatable bonds is 8. The van der Waals surface area contributed by atoms with Crippen LogP contribution < -0.4 is 14.2 Å². The maximum atomic E-state index is 11.4. The summed E-state index contributed by atoms with van der Waals surface area (Å²) in [7, 11) is 0. The maximum absolute atomic E-state index is 11.4. The Labute approximate surface area is 211 Å². The smallest absolute Gasteiger partial charge is 0.270 e. The molecule has 3 aromatic carbocycles. The third kappa shape index (κ3) is 5.07. The van der Waals surface area contributed by atoms with Crippen molar-refractivity contribution >= 4 is 28.4 Å². The van der Waals surface area contributed by atoms with E-state index in [0.29, 0.717) is 46.4 Å². The Kier molecular flexibility index (Phi) is 6.70. The first-order valence-electron chi connectivity index (χ1n) is 11.5. The summed E-state index contributed by atoms with van der Waals surface area (Å²) >= 11 is 0. The van der Waals surface area contributed by atoms with E-state index < -0.39 is 4.92 Å².